The lowest BCUT2D eigenvalue weighted by Crippen LogP contribution is -2.41. The lowest BCUT2D eigenvalue weighted by Gasteiger charge is -2.31. The van der Waals surface area contributed by atoms with E-state index in [4.69, 9.17) is 0 Å². The van der Waals surface area contributed by atoms with Gasteiger partial charge in [0.05, 0.1) is 18.5 Å². The van der Waals surface area contributed by atoms with Crippen LogP contribution in [0.1, 0.15) is 26.7 Å². The molecule has 2 aromatic rings. The van der Waals surface area contributed by atoms with Gasteiger partial charge in [0.2, 0.25) is 5.95 Å². The fraction of sp³-hybridized carbons (Fsp3) is 0.583. The monoisotopic (exact) mass is 264 g/mol. The number of imidazole rings is 1. The number of hydrogen-bond acceptors (Lipinski definition) is 6. The summed E-state index contributed by atoms with van der Waals surface area (Å²) in [6.07, 6.45) is 3.19. The summed E-state index contributed by atoms with van der Waals surface area (Å²) in [5, 5.41) is 15.9. The lowest BCUT2D eigenvalue weighted by atomic mass is 9.94. The number of nitrogens with zero attached hydrogens (tertiary/aromatic N) is 3. The summed E-state index contributed by atoms with van der Waals surface area (Å²) in [6.45, 7) is 4.13. The zero-order valence-corrected chi connectivity index (χ0v) is 11.5. The summed E-state index contributed by atoms with van der Waals surface area (Å²) in [5.41, 5.74) is 0.969. The standard InChI is InChI=1S/C12H20N6O/c1-4-12(5-2,6-19)18-10-8-9(15-7-14-8)16-11(13-3)17-10/h7,19H,4-6H2,1-3H3,(H3,13,14,15,16,17,18). The first kappa shape index (κ1) is 13.5. The van der Waals surface area contributed by atoms with Gasteiger partial charge in [-0.1, -0.05) is 13.8 Å². The summed E-state index contributed by atoms with van der Waals surface area (Å²) in [5.74, 6) is 1.16. The summed E-state index contributed by atoms with van der Waals surface area (Å²) >= 11 is 0. The highest BCUT2D eigenvalue weighted by Crippen LogP contribution is 2.25. The van der Waals surface area contributed by atoms with E-state index in [1.54, 1.807) is 13.4 Å². The zero-order chi connectivity index (χ0) is 13.9. The third-order valence-corrected chi connectivity index (χ3v) is 3.55. The van der Waals surface area contributed by atoms with Gasteiger partial charge in [0.25, 0.3) is 0 Å². The Bertz CT molecular complexity index is 540. The molecule has 0 saturated carbocycles. The first-order chi connectivity index (χ1) is 9.18. The second kappa shape index (κ2) is 5.40. The van der Waals surface area contributed by atoms with Gasteiger partial charge >= 0.3 is 0 Å². The van der Waals surface area contributed by atoms with Crippen molar-refractivity contribution in [1.82, 2.24) is 19.9 Å². The molecule has 0 atom stereocenters. The molecule has 2 heterocycles. The zero-order valence-electron chi connectivity index (χ0n) is 11.5. The Kier molecular flexibility index (Phi) is 3.84. The van der Waals surface area contributed by atoms with Gasteiger partial charge < -0.3 is 20.7 Å². The number of aromatic amines is 1. The smallest absolute Gasteiger partial charge is 0.226 e. The number of aliphatic hydroxyl groups is 1. The van der Waals surface area contributed by atoms with E-state index in [0.717, 1.165) is 18.4 Å². The molecule has 7 heteroatoms. The minimum absolute atomic E-state index is 0.0501. The normalized spacial score (nSPS) is 11.8. The van der Waals surface area contributed by atoms with Crippen LogP contribution in [0.25, 0.3) is 11.2 Å². The van der Waals surface area contributed by atoms with Crippen molar-refractivity contribution in [3.8, 4) is 0 Å². The van der Waals surface area contributed by atoms with Crippen molar-refractivity contribution in [1.29, 1.82) is 0 Å². The number of nitrogens with one attached hydrogen (secondary N) is 3. The van der Waals surface area contributed by atoms with Crippen LogP contribution < -0.4 is 10.6 Å². The molecular weight excluding hydrogens is 244 g/mol. The van der Waals surface area contributed by atoms with Crippen molar-refractivity contribution in [2.75, 3.05) is 24.3 Å². The topological polar surface area (TPSA) is 98.8 Å². The fourth-order valence-electron chi connectivity index (χ4n) is 1.98. The van der Waals surface area contributed by atoms with Gasteiger partial charge in [-0.3, -0.25) is 0 Å². The molecule has 0 aromatic carbocycles. The third-order valence-electron chi connectivity index (χ3n) is 3.55. The van der Waals surface area contributed by atoms with Crippen LogP contribution >= 0.6 is 0 Å². The Morgan fingerprint density at radius 1 is 1.32 bits per heavy atom. The van der Waals surface area contributed by atoms with Crippen molar-refractivity contribution in [3.63, 3.8) is 0 Å². The maximum atomic E-state index is 9.64. The second-order valence-corrected chi connectivity index (χ2v) is 4.52. The van der Waals surface area contributed by atoms with Crippen LogP contribution in [0.2, 0.25) is 0 Å². The minimum Gasteiger partial charge on any atom is -0.394 e. The van der Waals surface area contributed by atoms with E-state index in [0.29, 0.717) is 17.4 Å². The number of aromatic nitrogens is 4. The van der Waals surface area contributed by atoms with Gasteiger partial charge in [0.1, 0.15) is 5.52 Å². The Labute approximate surface area is 111 Å². The maximum absolute atomic E-state index is 9.64. The van der Waals surface area contributed by atoms with Crippen LogP contribution in [0.3, 0.4) is 0 Å². The molecule has 104 valence electrons. The molecule has 0 amide bonds. The molecule has 0 aliphatic heterocycles. The molecule has 0 saturated heterocycles. The number of H-pyrrole nitrogens is 1. The van der Waals surface area contributed by atoms with Crippen LogP contribution in [0.5, 0.6) is 0 Å². The van der Waals surface area contributed by atoms with Crippen LogP contribution in [-0.4, -0.2) is 44.2 Å². The van der Waals surface area contributed by atoms with Gasteiger partial charge in [0.15, 0.2) is 11.5 Å². The van der Waals surface area contributed by atoms with Gasteiger partial charge in [-0.2, -0.15) is 9.97 Å². The van der Waals surface area contributed by atoms with E-state index in [-0.39, 0.29) is 12.1 Å². The Morgan fingerprint density at radius 3 is 2.63 bits per heavy atom. The number of aliphatic hydroxyl groups excluding tert-OH is 1. The Balaban J connectivity index is 2.46. The van der Waals surface area contributed by atoms with Crippen LogP contribution in [0, 0.1) is 0 Å². The quantitative estimate of drug-likeness (QED) is 0.629. The third kappa shape index (κ3) is 2.46. The summed E-state index contributed by atoms with van der Waals surface area (Å²) in [6, 6.07) is 0. The second-order valence-electron chi connectivity index (χ2n) is 4.52. The van der Waals surface area contributed by atoms with Gasteiger partial charge in [-0.05, 0) is 12.8 Å². The summed E-state index contributed by atoms with van der Waals surface area (Å²) in [7, 11) is 1.76. The number of hydrogen-bond donors (Lipinski definition) is 4. The summed E-state index contributed by atoms with van der Waals surface area (Å²) < 4.78 is 0. The van der Waals surface area contributed by atoms with E-state index in [1.807, 2.05) is 13.8 Å². The molecule has 0 aliphatic carbocycles. The molecule has 7 nitrogen and oxygen atoms in total. The average molecular weight is 264 g/mol. The van der Waals surface area contributed by atoms with Gasteiger partial charge in [-0.15, -0.1) is 0 Å². The number of fused-ring (bicyclic) bond motifs is 1. The molecule has 0 unspecified atom stereocenters. The molecule has 0 radical (unpaired) electrons. The van der Waals surface area contributed by atoms with Gasteiger partial charge in [0, 0.05) is 7.05 Å². The van der Waals surface area contributed by atoms with E-state index >= 15 is 0 Å². The van der Waals surface area contributed by atoms with E-state index in [9.17, 15) is 5.11 Å². The predicted molar refractivity (Wildman–Crippen MR) is 75.3 cm³/mol. The highest BCUT2D eigenvalue weighted by Gasteiger charge is 2.26. The Morgan fingerprint density at radius 2 is 2.05 bits per heavy atom. The first-order valence-corrected chi connectivity index (χ1v) is 6.46. The first-order valence-electron chi connectivity index (χ1n) is 6.46. The molecule has 2 aromatic heterocycles. The molecule has 0 aliphatic rings. The molecule has 0 spiro atoms. The average Bonchev–Trinajstić information content (AvgIpc) is 2.93. The molecule has 2 rings (SSSR count). The number of anilines is 2. The Hall–Kier alpha value is -1.89. The number of rotatable bonds is 6. The van der Waals surface area contributed by atoms with Crippen LogP contribution in [0.4, 0.5) is 11.8 Å². The van der Waals surface area contributed by atoms with Crippen molar-refractivity contribution < 1.29 is 5.11 Å². The molecule has 0 fully saturated rings. The molecule has 4 N–H and O–H groups in total. The molecular formula is C12H20N6O. The highest BCUT2D eigenvalue weighted by molar-refractivity contribution is 5.84. The van der Waals surface area contributed by atoms with Crippen molar-refractivity contribution in [2.24, 2.45) is 0 Å². The van der Waals surface area contributed by atoms with Crippen LogP contribution in [0.15, 0.2) is 6.33 Å². The fourth-order valence-corrected chi connectivity index (χ4v) is 1.98. The van der Waals surface area contributed by atoms with E-state index in [1.165, 1.54) is 0 Å². The molecule has 19 heavy (non-hydrogen) atoms. The van der Waals surface area contributed by atoms with Crippen molar-refractivity contribution in [2.45, 2.75) is 32.2 Å². The van der Waals surface area contributed by atoms with Crippen LogP contribution in [-0.2, 0) is 0 Å². The largest absolute Gasteiger partial charge is 0.394 e. The van der Waals surface area contributed by atoms with Crippen molar-refractivity contribution >= 4 is 22.9 Å². The van der Waals surface area contributed by atoms with E-state index < -0.39 is 0 Å². The van der Waals surface area contributed by atoms with E-state index in [2.05, 4.69) is 30.6 Å². The predicted octanol–water partition coefficient (Wildman–Crippen LogP) is 1.36. The summed E-state index contributed by atoms with van der Waals surface area (Å²) in [4.78, 5) is 15.8. The van der Waals surface area contributed by atoms with Crippen molar-refractivity contribution in [3.05, 3.63) is 6.33 Å². The SMILES string of the molecule is CCC(CC)(CO)Nc1nc(NC)nc2nc[nH]c12. The lowest BCUT2D eigenvalue weighted by molar-refractivity contribution is 0.202. The van der Waals surface area contributed by atoms with Gasteiger partial charge in [-0.25, -0.2) is 4.98 Å². The maximum Gasteiger partial charge on any atom is 0.226 e. The minimum atomic E-state index is -0.378. The molecule has 0 bridgehead atoms. The highest BCUT2D eigenvalue weighted by atomic mass is 16.3.